The Hall–Kier alpha value is -1.68. The smallest absolute Gasteiger partial charge is 0.253 e. The molecule has 1 rings (SSSR count). The molecule has 0 N–H and O–H groups in total. The van der Waals surface area contributed by atoms with Crippen molar-refractivity contribution in [3.8, 4) is 0 Å². The van der Waals surface area contributed by atoms with Crippen molar-refractivity contribution in [3.63, 3.8) is 0 Å². The molecule has 0 unspecified atom stereocenters. The summed E-state index contributed by atoms with van der Waals surface area (Å²) in [6.07, 6.45) is 12.2. The number of halogens is 1. The van der Waals surface area contributed by atoms with E-state index >= 15 is 0 Å². The van der Waals surface area contributed by atoms with Crippen LogP contribution < -0.4 is 5.56 Å². The second-order valence-corrected chi connectivity index (χ2v) is 5.21. The van der Waals surface area contributed by atoms with Crippen LogP contribution in [0.15, 0.2) is 58.1 Å². The molecule has 4 heteroatoms. The summed E-state index contributed by atoms with van der Waals surface area (Å²) in [5.74, 6) is 0. The Morgan fingerprint density at radius 3 is 2.85 bits per heavy atom. The molecule has 0 atom stereocenters. The lowest BCUT2D eigenvalue weighted by Crippen LogP contribution is -2.18. The van der Waals surface area contributed by atoms with Gasteiger partial charge in [-0.25, -0.2) is 4.98 Å². The maximum atomic E-state index is 11.6. The van der Waals surface area contributed by atoms with Crippen molar-refractivity contribution in [2.75, 3.05) is 0 Å². The van der Waals surface area contributed by atoms with Gasteiger partial charge >= 0.3 is 0 Å². The number of rotatable bonds is 6. The Morgan fingerprint density at radius 2 is 2.25 bits per heavy atom. The molecule has 3 nitrogen and oxygen atoms in total. The first-order valence-corrected chi connectivity index (χ1v) is 7.25. The maximum absolute atomic E-state index is 11.6. The molecule has 0 bridgehead atoms. The van der Waals surface area contributed by atoms with Crippen molar-refractivity contribution in [3.05, 3.63) is 69.4 Å². The Balaban J connectivity index is 2.57. The molecule has 0 aliphatic heterocycles. The zero-order valence-electron chi connectivity index (χ0n) is 11.8. The molecular formula is C16H19BrN2O. The summed E-state index contributed by atoms with van der Waals surface area (Å²) in [5.41, 5.74) is 1.77. The van der Waals surface area contributed by atoms with Crippen LogP contribution in [0.25, 0.3) is 6.08 Å². The van der Waals surface area contributed by atoms with Gasteiger partial charge in [-0.2, -0.15) is 0 Å². The van der Waals surface area contributed by atoms with Crippen LogP contribution in [-0.4, -0.2) is 9.55 Å². The van der Waals surface area contributed by atoms with E-state index in [1.54, 1.807) is 10.9 Å². The topological polar surface area (TPSA) is 34.9 Å². The summed E-state index contributed by atoms with van der Waals surface area (Å²) in [7, 11) is 0. The molecule has 0 amide bonds. The van der Waals surface area contributed by atoms with E-state index in [1.165, 1.54) is 6.07 Å². The Kier molecular flexibility index (Phi) is 6.94. The molecule has 0 radical (unpaired) electrons. The summed E-state index contributed by atoms with van der Waals surface area (Å²) < 4.78 is 2.47. The third-order valence-electron chi connectivity index (χ3n) is 2.74. The van der Waals surface area contributed by atoms with Gasteiger partial charge in [0, 0.05) is 17.1 Å². The van der Waals surface area contributed by atoms with Crippen molar-refractivity contribution < 1.29 is 0 Å². The van der Waals surface area contributed by atoms with Crippen LogP contribution in [0, 0.1) is 0 Å². The van der Waals surface area contributed by atoms with E-state index in [9.17, 15) is 4.79 Å². The summed E-state index contributed by atoms with van der Waals surface area (Å²) in [5, 5.41) is 0. The van der Waals surface area contributed by atoms with Crippen molar-refractivity contribution >= 4 is 22.0 Å². The number of aryl methyl sites for hydroxylation is 1. The van der Waals surface area contributed by atoms with Gasteiger partial charge in [0.05, 0.1) is 12.0 Å². The number of hydrogen-bond donors (Lipinski definition) is 0. The van der Waals surface area contributed by atoms with Crippen LogP contribution in [0.3, 0.4) is 0 Å². The van der Waals surface area contributed by atoms with Gasteiger partial charge in [0.25, 0.3) is 5.56 Å². The SMILES string of the molecule is C=C(Br)/C(C)=C/CC=C/C=C/c1cc(=O)n(CC)cn1. The molecule has 20 heavy (non-hydrogen) atoms. The average Bonchev–Trinajstić information content (AvgIpc) is 2.42. The van der Waals surface area contributed by atoms with Crippen LogP contribution >= 0.6 is 15.9 Å². The van der Waals surface area contributed by atoms with Gasteiger partial charge in [-0.05, 0) is 31.9 Å². The molecule has 0 spiro atoms. The lowest BCUT2D eigenvalue weighted by Gasteiger charge is -1.99. The first-order chi connectivity index (χ1) is 9.54. The highest BCUT2D eigenvalue weighted by Gasteiger charge is 1.94. The molecule has 0 aliphatic carbocycles. The van der Waals surface area contributed by atoms with Crippen LogP contribution in [0.1, 0.15) is 26.0 Å². The summed E-state index contributed by atoms with van der Waals surface area (Å²) >= 11 is 3.33. The number of hydrogen-bond acceptors (Lipinski definition) is 2. The number of nitrogens with zero attached hydrogens (tertiary/aromatic N) is 2. The Morgan fingerprint density at radius 1 is 1.50 bits per heavy atom. The van der Waals surface area contributed by atoms with Gasteiger partial charge < -0.3 is 0 Å². The van der Waals surface area contributed by atoms with Gasteiger partial charge in [0.1, 0.15) is 0 Å². The second-order valence-electron chi connectivity index (χ2n) is 4.25. The van der Waals surface area contributed by atoms with E-state index in [-0.39, 0.29) is 5.56 Å². The average molecular weight is 335 g/mol. The van der Waals surface area contributed by atoms with E-state index in [2.05, 4.69) is 33.6 Å². The van der Waals surface area contributed by atoms with Crippen molar-refractivity contribution in [1.82, 2.24) is 9.55 Å². The largest absolute Gasteiger partial charge is 0.300 e. The van der Waals surface area contributed by atoms with Gasteiger partial charge in [0.2, 0.25) is 0 Å². The summed E-state index contributed by atoms with van der Waals surface area (Å²) in [4.78, 5) is 15.8. The second kappa shape index (κ2) is 8.48. The first-order valence-electron chi connectivity index (χ1n) is 6.45. The monoisotopic (exact) mass is 334 g/mol. The standard InChI is InChI=1S/C16H19BrN2O/c1-4-19-12-18-15(11-16(19)20)10-8-6-5-7-9-13(2)14(3)17/h5-6,8-12H,3-4,7H2,1-2H3/b6-5?,10-8+,13-9+. The number of aromatic nitrogens is 2. The molecule has 0 fully saturated rings. The van der Waals surface area contributed by atoms with E-state index in [1.807, 2.05) is 38.2 Å². The highest BCUT2D eigenvalue weighted by Crippen LogP contribution is 2.13. The van der Waals surface area contributed by atoms with Gasteiger partial charge in [-0.15, -0.1) is 0 Å². The molecule has 0 saturated heterocycles. The van der Waals surface area contributed by atoms with Crippen LogP contribution in [-0.2, 0) is 6.54 Å². The molecule has 106 valence electrons. The normalized spacial score (nSPS) is 12.4. The fraction of sp³-hybridized carbons (Fsp3) is 0.250. The summed E-state index contributed by atoms with van der Waals surface area (Å²) in [6, 6.07) is 1.53. The van der Waals surface area contributed by atoms with Crippen molar-refractivity contribution in [2.24, 2.45) is 0 Å². The van der Waals surface area contributed by atoms with Gasteiger partial charge in [-0.3, -0.25) is 9.36 Å². The molecule has 1 aromatic rings. The predicted molar refractivity (Wildman–Crippen MR) is 88.8 cm³/mol. The summed E-state index contributed by atoms with van der Waals surface area (Å²) in [6.45, 7) is 8.36. The van der Waals surface area contributed by atoms with Crippen molar-refractivity contribution in [1.29, 1.82) is 0 Å². The lowest BCUT2D eigenvalue weighted by atomic mass is 10.2. The molecule has 1 heterocycles. The third kappa shape index (κ3) is 5.53. The highest BCUT2D eigenvalue weighted by molar-refractivity contribution is 9.11. The minimum atomic E-state index is -0.0273. The zero-order valence-corrected chi connectivity index (χ0v) is 13.4. The quantitative estimate of drug-likeness (QED) is 0.734. The van der Waals surface area contributed by atoms with E-state index < -0.39 is 0 Å². The molecule has 0 aromatic carbocycles. The third-order valence-corrected chi connectivity index (χ3v) is 3.37. The minimum absolute atomic E-state index is 0.0273. The molecule has 0 saturated carbocycles. The lowest BCUT2D eigenvalue weighted by molar-refractivity contribution is 0.705. The molecular weight excluding hydrogens is 316 g/mol. The first kappa shape index (κ1) is 16.4. The number of allylic oxidation sites excluding steroid dienone is 6. The van der Waals surface area contributed by atoms with E-state index in [4.69, 9.17) is 0 Å². The fourth-order valence-electron chi connectivity index (χ4n) is 1.44. The van der Waals surface area contributed by atoms with Crippen LogP contribution in [0.2, 0.25) is 0 Å². The predicted octanol–water partition coefficient (Wildman–Crippen LogP) is 4.08. The van der Waals surface area contributed by atoms with E-state index in [0.717, 1.165) is 16.5 Å². The Labute approximate surface area is 128 Å². The fourth-order valence-corrected chi connectivity index (χ4v) is 1.60. The highest BCUT2D eigenvalue weighted by atomic mass is 79.9. The molecule has 0 aliphatic rings. The van der Waals surface area contributed by atoms with Gasteiger partial charge in [-0.1, -0.05) is 46.8 Å². The molecule has 1 aromatic heterocycles. The van der Waals surface area contributed by atoms with Gasteiger partial charge in [0.15, 0.2) is 0 Å². The minimum Gasteiger partial charge on any atom is -0.300 e. The zero-order chi connectivity index (χ0) is 15.0. The van der Waals surface area contributed by atoms with E-state index in [0.29, 0.717) is 12.2 Å². The Bertz CT molecular complexity index is 609. The van der Waals surface area contributed by atoms with Crippen molar-refractivity contribution in [2.45, 2.75) is 26.8 Å². The van der Waals surface area contributed by atoms with Crippen LogP contribution in [0.4, 0.5) is 0 Å². The maximum Gasteiger partial charge on any atom is 0.253 e. The van der Waals surface area contributed by atoms with Crippen LogP contribution in [0.5, 0.6) is 0 Å².